The molecule has 0 amide bonds. The summed E-state index contributed by atoms with van der Waals surface area (Å²) in [4.78, 5) is 11.3. The summed E-state index contributed by atoms with van der Waals surface area (Å²) in [7, 11) is 0. The summed E-state index contributed by atoms with van der Waals surface area (Å²) in [5, 5.41) is 12.4. The highest BCUT2D eigenvalue weighted by Crippen LogP contribution is 2.40. The highest BCUT2D eigenvalue weighted by molar-refractivity contribution is 5.73. The average molecular weight is 400 g/mol. The Morgan fingerprint density at radius 1 is 1.24 bits per heavy atom. The molecule has 29 heavy (non-hydrogen) atoms. The Labute approximate surface area is 178 Å². The van der Waals surface area contributed by atoms with Crippen molar-refractivity contribution in [3.8, 4) is 0 Å². The summed E-state index contributed by atoms with van der Waals surface area (Å²) in [5.41, 5.74) is 5.60. The molecule has 3 heteroatoms. The number of carboxylic acid groups (broad SMARTS) is 1. The number of carboxylic acids is 1. The van der Waals surface area contributed by atoms with Gasteiger partial charge in [-0.1, -0.05) is 87.3 Å². The minimum atomic E-state index is -0.780. The molecule has 0 aromatic heterocycles. The van der Waals surface area contributed by atoms with Crippen LogP contribution in [-0.2, 0) is 4.79 Å². The van der Waals surface area contributed by atoms with Crippen LogP contribution in [0.4, 0.5) is 0 Å². The molecule has 0 fully saturated rings. The van der Waals surface area contributed by atoms with Crippen LogP contribution in [0.15, 0.2) is 58.7 Å². The number of aliphatic carboxylic acids is 1. The quantitative estimate of drug-likeness (QED) is 0.406. The van der Waals surface area contributed by atoms with E-state index in [0.29, 0.717) is 6.54 Å². The number of carbonyl (C=O) groups is 1. The normalized spacial score (nSPS) is 20.5. The lowest BCUT2D eigenvalue weighted by atomic mass is 9.72. The molecule has 0 bridgehead atoms. The molecule has 1 aliphatic carbocycles. The number of nitrogens with one attached hydrogen (secondary N) is 1. The molecule has 0 saturated carbocycles. The third kappa shape index (κ3) is 8.57. The van der Waals surface area contributed by atoms with Crippen LogP contribution in [-0.4, -0.2) is 23.7 Å². The molecule has 1 aliphatic rings. The largest absolute Gasteiger partial charge is 0.480 e. The van der Waals surface area contributed by atoms with Crippen molar-refractivity contribution in [1.29, 1.82) is 0 Å². The second-order valence-corrected chi connectivity index (χ2v) is 9.09. The minimum Gasteiger partial charge on any atom is -0.480 e. The van der Waals surface area contributed by atoms with Gasteiger partial charge in [-0.05, 0) is 56.9 Å². The van der Waals surface area contributed by atoms with E-state index in [9.17, 15) is 9.90 Å². The van der Waals surface area contributed by atoms with Gasteiger partial charge in [-0.15, -0.1) is 0 Å². The summed E-state index contributed by atoms with van der Waals surface area (Å²) in [6, 6.07) is -0.498. The van der Waals surface area contributed by atoms with Gasteiger partial charge in [0, 0.05) is 6.54 Å². The van der Waals surface area contributed by atoms with Crippen LogP contribution in [0.25, 0.3) is 0 Å². The van der Waals surface area contributed by atoms with E-state index in [1.54, 1.807) is 0 Å². The van der Waals surface area contributed by atoms with Crippen LogP contribution in [0.2, 0.25) is 0 Å². The molecule has 0 radical (unpaired) electrons. The number of allylic oxidation sites excluding steroid dienone is 9. The summed E-state index contributed by atoms with van der Waals surface area (Å²) in [6.45, 7) is 15.6. The molecule has 0 spiro atoms. The fourth-order valence-electron chi connectivity index (χ4n) is 3.81. The number of hydrogen-bond acceptors (Lipinski definition) is 2. The smallest absolute Gasteiger partial charge is 0.320 e. The molecule has 0 saturated heterocycles. The summed E-state index contributed by atoms with van der Waals surface area (Å²) in [6.07, 6.45) is 17.4. The fraction of sp³-hybridized carbons (Fsp3) is 0.577. The van der Waals surface area contributed by atoms with E-state index in [1.165, 1.54) is 36.0 Å². The van der Waals surface area contributed by atoms with Gasteiger partial charge in [-0.25, -0.2) is 0 Å². The summed E-state index contributed by atoms with van der Waals surface area (Å²) < 4.78 is 0. The zero-order chi connectivity index (χ0) is 22.0. The van der Waals surface area contributed by atoms with Crippen LogP contribution >= 0.6 is 0 Å². The van der Waals surface area contributed by atoms with Crippen molar-refractivity contribution in [3.05, 3.63) is 58.7 Å². The minimum absolute atomic E-state index is 0.113. The Kier molecular flexibility index (Phi) is 10.4. The van der Waals surface area contributed by atoms with Crippen molar-refractivity contribution in [2.75, 3.05) is 6.54 Å². The van der Waals surface area contributed by atoms with Crippen LogP contribution < -0.4 is 5.32 Å². The molecule has 0 aromatic rings. The van der Waals surface area contributed by atoms with Crippen LogP contribution in [0.1, 0.15) is 74.1 Å². The second kappa shape index (κ2) is 12.0. The monoisotopic (exact) mass is 399 g/mol. The maximum Gasteiger partial charge on any atom is 0.320 e. The van der Waals surface area contributed by atoms with E-state index in [1.807, 2.05) is 26.8 Å². The fourth-order valence-corrected chi connectivity index (χ4v) is 3.81. The van der Waals surface area contributed by atoms with Gasteiger partial charge in [0.2, 0.25) is 0 Å². The van der Waals surface area contributed by atoms with Gasteiger partial charge in [-0.3, -0.25) is 4.79 Å². The molecule has 162 valence electrons. The lowest BCUT2D eigenvalue weighted by Crippen LogP contribution is -2.41. The maximum atomic E-state index is 11.3. The average Bonchev–Trinajstić information content (AvgIpc) is 2.63. The van der Waals surface area contributed by atoms with Gasteiger partial charge >= 0.3 is 5.97 Å². The van der Waals surface area contributed by atoms with Crippen molar-refractivity contribution in [1.82, 2.24) is 5.32 Å². The molecule has 3 nitrogen and oxygen atoms in total. The van der Waals surface area contributed by atoms with Crippen molar-refractivity contribution >= 4 is 5.97 Å². The molecule has 0 aliphatic heterocycles. The second-order valence-electron chi connectivity index (χ2n) is 9.09. The molecular weight excluding hydrogens is 358 g/mol. The predicted molar refractivity (Wildman–Crippen MR) is 125 cm³/mol. The lowest BCUT2D eigenvalue weighted by Gasteiger charge is -2.32. The standard InChI is InChI=1S/C26H41NO2/c1-8-21(4)24(25(28)29)27-18-16-20(3)12-9-11-19(2)14-15-23-22(5)13-10-17-26(23,6)7/h9,11-12,14-16,21,24,27H,8,10,13,17-18H2,1-7H3,(H,28,29)/b12-9+,15-14+,19-11+,20-16+. The Balaban J connectivity index is 2.64. The highest BCUT2D eigenvalue weighted by atomic mass is 16.4. The van der Waals surface area contributed by atoms with E-state index >= 15 is 0 Å². The Bertz CT molecular complexity index is 704. The third-order valence-corrected chi connectivity index (χ3v) is 6.01. The zero-order valence-corrected chi connectivity index (χ0v) is 19.5. The molecule has 2 N–H and O–H groups in total. The topological polar surface area (TPSA) is 49.3 Å². The summed E-state index contributed by atoms with van der Waals surface area (Å²) >= 11 is 0. The van der Waals surface area contributed by atoms with Gasteiger partial charge in [-0.2, -0.15) is 0 Å². The first kappa shape index (κ1) is 25.2. The predicted octanol–water partition coefficient (Wildman–Crippen LogP) is 6.61. The SMILES string of the molecule is CCC(C)C(NC/C=C(C)/C=C/C=C(C)/C=C/C1=C(C)CCCC1(C)C)C(=O)O. The van der Waals surface area contributed by atoms with Gasteiger partial charge in [0.15, 0.2) is 0 Å². The highest BCUT2D eigenvalue weighted by Gasteiger charge is 2.26. The van der Waals surface area contributed by atoms with E-state index in [2.05, 4.69) is 63.4 Å². The van der Waals surface area contributed by atoms with Crippen LogP contribution in [0, 0.1) is 11.3 Å². The molecular formula is C26H41NO2. The van der Waals surface area contributed by atoms with Crippen LogP contribution in [0.5, 0.6) is 0 Å². The Hall–Kier alpha value is -1.87. The first-order valence-corrected chi connectivity index (χ1v) is 10.9. The van der Waals surface area contributed by atoms with Crippen molar-refractivity contribution in [2.45, 2.75) is 80.2 Å². The van der Waals surface area contributed by atoms with E-state index in [0.717, 1.165) is 12.0 Å². The first-order valence-electron chi connectivity index (χ1n) is 10.9. The molecule has 0 aromatic carbocycles. The zero-order valence-electron chi connectivity index (χ0n) is 19.5. The lowest BCUT2D eigenvalue weighted by molar-refractivity contribution is -0.140. The van der Waals surface area contributed by atoms with Gasteiger partial charge in [0.1, 0.15) is 6.04 Å². The first-order chi connectivity index (χ1) is 13.6. The Morgan fingerprint density at radius 3 is 2.52 bits per heavy atom. The molecule has 0 heterocycles. The Morgan fingerprint density at radius 2 is 1.93 bits per heavy atom. The molecule has 1 rings (SSSR count). The molecule has 2 atom stereocenters. The van der Waals surface area contributed by atoms with Crippen LogP contribution in [0.3, 0.4) is 0 Å². The van der Waals surface area contributed by atoms with E-state index in [4.69, 9.17) is 0 Å². The van der Waals surface area contributed by atoms with Gasteiger partial charge in [0.05, 0.1) is 0 Å². The van der Waals surface area contributed by atoms with E-state index < -0.39 is 12.0 Å². The maximum absolute atomic E-state index is 11.3. The van der Waals surface area contributed by atoms with Crippen molar-refractivity contribution in [2.24, 2.45) is 11.3 Å². The third-order valence-electron chi connectivity index (χ3n) is 6.01. The van der Waals surface area contributed by atoms with Gasteiger partial charge in [0.25, 0.3) is 0 Å². The molecule has 2 unspecified atom stereocenters. The van der Waals surface area contributed by atoms with Crippen molar-refractivity contribution in [3.63, 3.8) is 0 Å². The number of hydrogen-bond donors (Lipinski definition) is 2. The van der Waals surface area contributed by atoms with Gasteiger partial charge < -0.3 is 10.4 Å². The van der Waals surface area contributed by atoms with Crippen molar-refractivity contribution < 1.29 is 9.90 Å². The summed E-state index contributed by atoms with van der Waals surface area (Å²) in [5.74, 6) is -0.667. The number of rotatable bonds is 10. The van der Waals surface area contributed by atoms with E-state index in [-0.39, 0.29) is 11.3 Å².